The molecule has 0 atom stereocenters. The van der Waals surface area contributed by atoms with Gasteiger partial charge in [-0.15, -0.1) is 0 Å². The predicted molar refractivity (Wildman–Crippen MR) is 106 cm³/mol. The lowest BCUT2D eigenvalue weighted by Crippen LogP contribution is -2.51. The molecule has 9 heteroatoms. The lowest BCUT2D eigenvalue weighted by atomic mass is 9.71. The van der Waals surface area contributed by atoms with Gasteiger partial charge in [0, 0.05) is 17.5 Å². The first-order valence-corrected chi connectivity index (χ1v) is 9.91. The van der Waals surface area contributed by atoms with Crippen molar-refractivity contribution in [2.75, 3.05) is 0 Å². The van der Waals surface area contributed by atoms with E-state index in [4.69, 9.17) is 0 Å². The number of amides is 1. The molecular weight excluding hydrogens is 399 g/mol. The lowest BCUT2D eigenvalue weighted by molar-refractivity contribution is -0.137. The van der Waals surface area contributed by atoms with Crippen molar-refractivity contribution in [1.29, 1.82) is 0 Å². The van der Waals surface area contributed by atoms with Gasteiger partial charge in [0.2, 0.25) is 11.3 Å². The number of nitrogens with one attached hydrogen (secondary N) is 1. The van der Waals surface area contributed by atoms with Crippen LogP contribution in [0.4, 0.5) is 13.2 Å². The number of rotatable bonds is 5. The fourth-order valence-corrected chi connectivity index (χ4v) is 3.73. The van der Waals surface area contributed by atoms with E-state index in [1.165, 1.54) is 4.68 Å². The molecule has 1 heterocycles. The van der Waals surface area contributed by atoms with Crippen molar-refractivity contribution in [3.05, 3.63) is 39.7 Å². The molecule has 1 aliphatic carbocycles. The maximum Gasteiger partial charge on any atom is 0.416 e. The SMILES string of the molecule is CC(C)n1nc(CC(=O)NC2CC(C(C)(C)O)C2)c(=O)c2ccc(C(F)(F)F)cc21. The van der Waals surface area contributed by atoms with Crippen LogP contribution >= 0.6 is 0 Å². The minimum atomic E-state index is -4.53. The largest absolute Gasteiger partial charge is 0.416 e. The predicted octanol–water partition coefficient (Wildman–Crippen LogP) is 3.20. The fourth-order valence-electron chi connectivity index (χ4n) is 3.73. The number of halogens is 3. The summed E-state index contributed by atoms with van der Waals surface area (Å²) >= 11 is 0. The molecule has 6 nitrogen and oxygen atoms in total. The smallest absolute Gasteiger partial charge is 0.390 e. The van der Waals surface area contributed by atoms with Crippen molar-refractivity contribution in [3.8, 4) is 0 Å². The molecule has 1 aromatic heterocycles. The van der Waals surface area contributed by atoms with E-state index >= 15 is 0 Å². The Balaban J connectivity index is 1.85. The molecule has 0 unspecified atom stereocenters. The van der Waals surface area contributed by atoms with Crippen molar-refractivity contribution in [2.24, 2.45) is 5.92 Å². The standard InChI is InChI=1S/C21H26F3N3O3/c1-11(2)27-17-9-12(21(22,23)24)5-6-15(17)19(29)16(26-27)10-18(28)25-14-7-13(8-14)20(3,4)30/h5-6,9,11,13-14,30H,7-8,10H2,1-4H3,(H,25,28). The van der Waals surface area contributed by atoms with Crippen molar-refractivity contribution < 1.29 is 23.1 Å². The van der Waals surface area contributed by atoms with E-state index in [2.05, 4.69) is 10.4 Å². The summed E-state index contributed by atoms with van der Waals surface area (Å²) in [4.78, 5) is 25.2. The topological polar surface area (TPSA) is 84.2 Å². The van der Waals surface area contributed by atoms with Crippen LogP contribution in [0.2, 0.25) is 0 Å². The van der Waals surface area contributed by atoms with Gasteiger partial charge < -0.3 is 10.4 Å². The molecule has 1 fully saturated rings. The monoisotopic (exact) mass is 425 g/mol. The zero-order chi connectivity index (χ0) is 22.4. The highest BCUT2D eigenvalue weighted by atomic mass is 19.4. The molecule has 1 amide bonds. The summed E-state index contributed by atoms with van der Waals surface area (Å²) in [6.07, 6.45) is -3.49. The van der Waals surface area contributed by atoms with Crippen LogP contribution < -0.4 is 10.7 Å². The second-order valence-electron chi connectivity index (χ2n) is 8.81. The maximum atomic E-state index is 13.1. The van der Waals surface area contributed by atoms with Crippen molar-refractivity contribution in [3.63, 3.8) is 0 Å². The number of aliphatic hydroxyl groups is 1. The summed E-state index contributed by atoms with van der Waals surface area (Å²) in [6, 6.07) is 2.54. The van der Waals surface area contributed by atoms with Gasteiger partial charge in [-0.1, -0.05) is 0 Å². The molecular formula is C21H26F3N3O3. The number of alkyl halides is 3. The zero-order valence-electron chi connectivity index (χ0n) is 17.4. The Morgan fingerprint density at radius 3 is 2.47 bits per heavy atom. The van der Waals surface area contributed by atoms with Crippen LogP contribution in [0.25, 0.3) is 10.9 Å². The second-order valence-corrected chi connectivity index (χ2v) is 8.81. The Bertz CT molecular complexity index is 1020. The average Bonchev–Trinajstić information content (AvgIpc) is 2.57. The molecule has 2 N–H and O–H groups in total. The highest BCUT2D eigenvalue weighted by Gasteiger charge is 2.39. The zero-order valence-corrected chi connectivity index (χ0v) is 17.4. The normalized spacial score (nSPS) is 19.8. The quantitative estimate of drug-likeness (QED) is 0.771. The summed E-state index contributed by atoms with van der Waals surface area (Å²) in [6.45, 7) is 6.94. The Morgan fingerprint density at radius 2 is 1.93 bits per heavy atom. The van der Waals surface area contributed by atoms with Gasteiger partial charge in [0.05, 0.1) is 23.1 Å². The number of hydrogen-bond acceptors (Lipinski definition) is 4. The summed E-state index contributed by atoms with van der Waals surface area (Å²) in [7, 11) is 0. The van der Waals surface area contributed by atoms with E-state index in [1.807, 2.05) is 0 Å². The van der Waals surface area contributed by atoms with Gasteiger partial charge in [-0.25, -0.2) is 0 Å². The number of carbonyl (C=O) groups excluding carboxylic acids is 1. The Labute approximate surface area is 172 Å². The summed E-state index contributed by atoms with van der Waals surface area (Å²) in [5, 5.41) is 17.1. The van der Waals surface area contributed by atoms with Gasteiger partial charge in [-0.3, -0.25) is 14.3 Å². The first-order valence-electron chi connectivity index (χ1n) is 9.91. The van der Waals surface area contributed by atoms with Crippen LogP contribution in [0.1, 0.15) is 57.8 Å². The average molecular weight is 425 g/mol. The van der Waals surface area contributed by atoms with E-state index in [0.717, 1.165) is 18.2 Å². The van der Waals surface area contributed by atoms with Crippen LogP contribution in [0.3, 0.4) is 0 Å². The van der Waals surface area contributed by atoms with Crippen molar-refractivity contribution in [2.45, 2.75) is 70.8 Å². The molecule has 0 radical (unpaired) electrons. The van der Waals surface area contributed by atoms with Gasteiger partial charge in [0.15, 0.2) is 0 Å². The number of carbonyl (C=O) groups is 1. The van der Waals surface area contributed by atoms with E-state index < -0.39 is 22.8 Å². The summed E-state index contributed by atoms with van der Waals surface area (Å²) < 4.78 is 40.6. The molecule has 3 rings (SSSR count). The third kappa shape index (κ3) is 4.50. The van der Waals surface area contributed by atoms with E-state index in [0.29, 0.717) is 12.8 Å². The minimum Gasteiger partial charge on any atom is -0.390 e. The van der Waals surface area contributed by atoms with Gasteiger partial charge in [-0.05, 0) is 64.7 Å². The Hall–Kier alpha value is -2.42. The lowest BCUT2D eigenvalue weighted by Gasteiger charge is -2.42. The van der Waals surface area contributed by atoms with Gasteiger partial charge in [0.25, 0.3) is 0 Å². The molecule has 0 aliphatic heterocycles. The number of aromatic nitrogens is 2. The number of benzene rings is 1. The minimum absolute atomic E-state index is 0.00757. The highest BCUT2D eigenvalue weighted by Crippen LogP contribution is 2.36. The van der Waals surface area contributed by atoms with E-state index in [9.17, 15) is 27.9 Å². The van der Waals surface area contributed by atoms with Crippen molar-refractivity contribution in [1.82, 2.24) is 15.1 Å². The van der Waals surface area contributed by atoms with Gasteiger partial charge in [0.1, 0.15) is 5.69 Å². The third-order valence-electron chi connectivity index (χ3n) is 5.63. The van der Waals surface area contributed by atoms with E-state index in [1.54, 1.807) is 27.7 Å². The third-order valence-corrected chi connectivity index (χ3v) is 5.63. The van der Waals surface area contributed by atoms with Crippen molar-refractivity contribution >= 4 is 16.8 Å². The molecule has 1 saturated carbocycles. The molecule has 0 bridgehead atoms. The van der Waals surface area contributed by atoms with Crippen LogP contribution in [-0.4, -0.2) is 32.4 Å². The summed E-state index contributed by atoms with van der Waals surface area (Å²) in [5.74, 6) is -0.275. The van der Waals surface area contributed by atoms with Crippen LogP contribution in [0.5, 0.6) is 0 Å². The Kier molecular flexibility index (Phi) is 5.70. The van der Waals surface area contributed by atoms with Gasteiger partial charge >= 0.3 is 6.18 Å². The Morgan fingerprint density at radius 1 is 1.30 bits per heavy atom. The highest BCUT2D eigenvalue weighted by molar-refractivity contribution is 5.82. The van der Waals surface area contributed by atoms with E-state index in [-0.39, 0.29) is 46.9 Å². The molecule has 0 spiro atoms. The van der Waals surface area contributed by atoms with Gasteiger partial charge in [-0.2, -0.15) is 18.3 Å². The number of hydrogen-bond donors (Lipinski definition) is 2. The number of nitrogens with zero attached hydrogens (tertiary/aromatic N) is 2. The first kappa shape index (κ1) is 22.3. The molecule has 1 aromatic carbocycles. The fraction of sp³-hybridized carbons (Fsp3) is 0.571. The van der Waals surface area contributed by atoms with Crippen LogP contribution in [-0.2, 0) is 17.4 Å². The first-order chi connectivity index (χ1) is 13.8. The molecule has 30 heavy (non-hydrogen) atoms. The molecule has 1 aliphatic rings. The maximum absolute atomic E-state index is 13.1. The molecule has 2 aromatic rings. The number of fused-ring (bicyclic) bond motifs is 1. The second kappa shape index (κ2) is 7.68. The van der Waals surface area contributed by atoms with Crippen LogP contribution in [0, 0.1) is 5.92 Å². The summed E-state index contributed by atoms with van der Waals surface area (Å²) in [5.41, 5.74) is -2.13. The molecule has 0 saturated heterocycles. The molecule has 164 valence electrons. The van der Waals surface area contributed by atoms with Crippen LogP contribution in [0.15, 0.2) is 23.0 Å².